The minimum absolute atomic E-state index is 0.0675. The van der Waals surface area contributed by atoms with Gasteiger partial charge in [0.05, 0.1) is 41.1 Å². The van der Waals surface area contributed by atoms with E-state index >= 15 is 0 Å². The number of methoxy groups -OCH3 is 5. The predicted molar refractivity (Wildman–Crippen MR) is 140 cm³/mol. The van der Waals surface area contributed by atoms with Crippen LogP contribution in [0.25, 0.3) is 6.08 Å². The molecule has 3 heterocycles. The Kier molecular flexibility index (Phi) is 8.67. The number of piperidine rings is 1. The Morgan fingerprint density at radius 2 is 1.68 bits per heavy atom. The van der Waals surface area contributed by atoms with Gasteiger partial charge in [0, 0.05) is 50.2 Å². The number of nitrogens with zero attached hydrogens (tertiary/aromatic N) is 5. The van der Waals surface area contributed by atoms with Crippen molar-refractivity contribution < 1.29 is 28.5 Å². The van der Waals surface area contributed by atoms with E-state index in [-0.39, 0.29) is 17.8 Å². The minimum Gasteiger partial charge on any atom is -0.493 e. The van der Waals surface area contributed by atoms with E-state index in [9.17, 15) is 4.79 Å². The van der Waals surface area contributed by atoms with Gasteiger partial charge in [0.25, 0.3) is 0 Å². The van der Waals surface area contributed by atoms with Gasteiger partial charge in [-0.3, -0.25) is 4.79 Å². The molecule has 0 radical (unpaired) electrons. The summed E-state index contributed by atoms with van der Waals surface area (Å²) in [6, 6.07) is 4.10. The third kappa shape index (κ3) is 5.82. The van der Waals surface area contributed by atoms with Crippen LogP contribution in [0.4, 0.5) is 0 Å². The predicted octanol–water partition coefficient (Wildman–Crippen LogP) is 3.18. The lowest BCUT2D eigenvalue weighted by molar-refractivity contribution is -0.127. The molecule has 1 aliphatic rings. The molecule has 1 amide bonds. The van der Waals surface area contributed by atoms with Crippen molar-refractivity contribution in [2.75, 3.05) is 48.6 Å². The van der Waals surface area contributed by atoms with Gasteiger partial charge in [-0.1, -0.05) is 0 Å². The average molecular weight is 524 g/mol. The van der Waals surface area contributed by atoms with E-state index < -0.39 is 0 Å². The number of likely N-dealkylation sites (tertiary alicyclic amines) is 1. The highest BCUT2D eigenvalue weighted by atomic mass is 16.5. The molecule has 2 aromatic heterocycles. The van der Waals surface area contributed by atoms with Crippen LogP contribution in [-0.2, 0) is 11.3 Å². The number of rotatable bonds is 10. The molecule has 3 aromatic rings. The van der Waals surface area contributed by atoms with E-state index in [0.717, 1.165) is 24.2 Å². The molecule has 1 saturated heterocycles. The Morgan fingerprint density at radius 1 is 0.974 bits per heavy atom. The van der Waals surface area contributed by atoms with Crippen molar-refractivity contribution in [3.63, 3.8) is 0 Å². The molecule has 38 heavy (non-hydrogen) atoms. The van der Waals surface area contributed by atoms with Crippen LogP contribution in [0.3, 0.4) is 0 Å². The van der Waals surface area contributed by atoms with Crippen LogP contribution < -0.4 is 23.7 Å². The van der Waals surface area contributed by atoms with E-state index in [4.69, 9.17) is 23.7 Å². The smallest absolute Gasteiger partial charge is 0.319 e. The maximum atomic E-state index is 12.8. The molecular formula is C27H33N5O6. The van der Waals surface area contributed by atoms with Crippen LogP contribution in [-0.4, -0.2) is 79.0 Å². The van der Waals surface area contributed by atoms with Gasteiger partial charge < -0.3 is 33.2 Å². The second-order valence-electron chi connectivity index (χ2n) is 8.70. The molecule has 1 fully saturated rings. The molecule has 0 atom stereocenters. The number of hydrogen-bond acceptors (Lipinski definition) is 9. The van der Waals surface area contributed by atoms with Crippen molar-refractivity contribution in [1.29, 1.82) is 0 Å². The number of carbonyl (C=O) groups excluding carboxylic acids is 1. The molecule has 0 saturated carbocycles. The number of aromatic nitrogens is 4. The molecular weight excluding hydrogens is 490 g/mol. The first-order chi connectivity index (χ1) is 18.5. The molecule has 11 nitrogen and oxygen atoms in total. The zero-order valence-corrected chi connectivity index (χ0v) is 22.3. The maximum absolute atomic E-state index is 12.8. The number of benzene rings is 1. The first-order valence-electron chi connectivity index (χ1n) is 12.2. The summed E-state index contributed by atoms with van der Waals surface area (Å²) in [7, 11) is 7.80. The van der Waals surface area contributed by atoms with E-state index in [1.807, 2.05) is 29.4 Å². The van der Waals surface area contributed by atoms with Gasteiger partial charge in [-0.2, -0.15) is 4.98 Å². The number of carbonyl (C=O) groups is 1. The number of hydrogen-bond donors (Lipinski definition) is 0. The van der Waals surface area contributed by atoms with Crippen molar-refractivity contribution in [2.24, 2.45) is 0 Å². The summed E-state index contributed by atoms with van der Waals surface area (Å²) in [6.07, 6.45) is 10.2. The van der Waals surface area contributed by atoms with E-state index in [2.05, 4.69) is 19.5 Å². The van der Waals surface area contributed by atoms with Crippen molar-refractivity contribution in [3.05, 3.63) is 53.8 Å². The van der Waals surface area contributed by atoms with Gasteiger partial charge in [0.2, 0.25) is 17.5 Å². The summed E-state index contributed by atoms with van der Waals surface area (Å²) in [6.45, 7) is 1.89. The minimum atomic E-state index is -0.0675. The second-order valence-corrected chi connectivity index (χ2v) is 8.70. The third-order valence-electron chi connectivity index (χ3n) is 6.54. The lowest BCUT2D eigenvalue weighted by Crippen LogP contribution is -2.37. The van der Waals surface area contributed by atoms with Gasteiger partial charge in [0.15, 0.2) is 11.5 Å². The van der Waals surface area contributed by atoms with Crippen molar-refractivity contribution in [3.8, 4) is 29.1 Å². The molecule has 11 heteroatoms. The SMILES string of the molecule is COc1ncc(C=CC(=O)N2CCC(c3nccn3Cc3cc(OC)c(OC)c(OC)c3)CC2)c(OC)n1. The normalized spacial score (nSPS) is 14.0. The fourth-order valence-corrected chi connectivity index (χ4v) is 4.60. The molecule has 1 aliphatic heterocycles. The summed E-state index contributed by atoms with van der Waals surface area (Å²) < 4.78 is 28.9. The lowest BCUT2D eigenvalue weighted by atomic mass is 9.95. The largest absolute Gasteiger partial charge is 0.493 e. The van der Waals surface area contributed by atoms with Crippen molar-refractivity contribution >= 4 is 12.0 Å². The first kappa shape index (κ1) is 26.8. The highest BCUT2D eigenvalue weighted by Gasteiger charge is 2.26. The summed E-state index contributed by atoms with van der Waals surface area (Å²) in [5.41, 5.74) is 1.61. The van der Waals surface area contributed by atoms with Crippen LogP contribution in [0, 0.1) is 0 Å². The Labute approximate surface area is 222 Å². The van der Waals surface area contributed by atoms with Gasteiger partial charge in [-0.25, -0.2) is 9.97 Å². The van der Waals surface area contributed by atoms with Gasteiger partial charge in [0.1, 0.15) is 5.82 Å². The molecule has 0 aliphatic carbocycles. The fourth-order valence-electron chi connectivity index (χ4n) is 4.60. The van der Waals surface area contributed by atoms with Crippen molar-refractivity contribution in [2.45, 2.75) is 25.3 Å². The maximum Gasteiger partial charge on any atom is 0.319 e. The van der Waals surface area contributed by atoms with Gasteiger partial charge in [-0.15, -0.1) is 0 Å². The fraction of sp³-hybridized carbons (Fsp3) is 0.407. The molecule has 0 spiro atoms. The zero-order chi connectivity index (χ0) is 27.1. The molecule has 0 bridgehead atoms. The van der Waals surface area contributed by atoms with Crippen LogP contribution in [0.5, 0.6) is 29.1 Å². The summed E-state index contributed by atoms with van der Waals surface area (Å²) >= 11 is 0. The number of imidazole rings is 1. The van der Waals surface area contributed by atoms with Gasteiger partial charge in [-0.05, 0) is 36.6 Å². The Morgan fingerprint density at radius 3 is 2.29 bits per heavy atom. The molecule has 202 valence electrons. The van der Waals surface area contributed by atoms with E-state index in [0.29, 0.717) is 48.3 Å². The first-order valence-corrected chi connectivity index (χ1v) is 12.2. The van der Waals surface area contributed by atoms with Crippen molar-refractivity contribution in [1.82, 2.24) is 24.4 Å². The second kappa shape index (κ2) is 12.3. The summed E-state index contributed by atoms with van der Waals surface area (Å²) in [4.78, 5) is 27.6. The van der Waals surface area contributed by atoms with Crippen LogP contribution in [0.15, 0.2) is 36.8 Å². The van der Waals surface area contributed by atoms with Crippen LogP contribution in [0.1, 0.15) is 35.7 Å². The molecule has 0 N–H and O–H groups in total. The zero-order valence-electron chi connectivity index (χ0n) is 22.3. The van der Waals surface area contributed by atoms with E-state index in [1.54, 1.807) is 33.6 Å². The molecule has 0 unspecified atom stereocenters. The van der Waals surface area contributed by atoms with Gasteiger partial charge >= 0.3 is 6.01 Å². The highest BCUT2D eigenvalue weighted by molar-refractivity contribution is 5.92. The molecule has 4 rings (SSSR count). The monoisotopic (exact) mass is 523 g/mol. The third-order valence-corrected chi connectivity index (χ3v) is 6.54. The standard InChI is InChI=1S/C27H33N5O6/c1-34-21-14-18(15-22(35-2)24(21)36-3)17-32-13-10-28-25(32)19-8-11-31(12-9-19)23(33)7-6-20-16-29-27(38-5)30-26(20)37-4/h6-7,10,13-16,19H,8-9,11-12,17H2,1-5H3. The average Bonchev–Trinajstić information content (AvgIpc) is 3.43. The highest BCUT2D eigenvalue weighted by Crippen LogP contribution is 2.38. The topological polar surface area (TPSA) is 110 Å². The van der Waals surface area contributed by atoms with E-state index in [1.165, 1.54) is 20.3 Å². The van der Waals surface area contributed by atoms with Crippen LogP contribution >= 0.6 is 0 Å². The summed E-state index contributed by atoms with van der Waals surface area (Å²) in [5.74, 6) is 3.32. The molecule has 1 aromatic carbocycles. The Balaban J connectivity index is 1.40. The van der Waals surface area contributed by atoms with Crippen LogP contribution in [0.2, 0.25) is 0 Å². The lowest BCUT2D eigenvalue weighted by Gasteiger charge is -2.31. The summed E-state index contributed by atoms with van der Waals surface area (Å²) in [5, 5.41) is 0. The quantitative estimate of drug-likeness (QED) is 0.370. The number of ether oxygens (including phenoxy) is 5. The number of amides is 1. The Hall–Kier alpha value is -4.28. The Bertz CT molecular complexity index is 1260.